The quantitative estimate of drug-likeness (QED) is 0.580. The van der Waals surface area contributed by atoms with Gasteiger partial charge in [0.05, 0.1) is 11.9 Å². The molecule has 154 valence electrons. The number of hydrogen-bond acceptors (Lipinski definition) is 6. The van der Waals surface area contributed by atoms with Crippen molar-refractivity contribution in [3.63, 3.8) is 0 Å². The predicted molar refractivity (Wildman–Crippen MR) is 103 cm³/mol. The van der Waals surface area contributed by atoms with Crippen LogP contribution in [0.25, 0.3) is 11.0 Å². The fraction of sp³-hybridized carbons (Fsp3) is 0.400. The molecule has 1 aliphatic rings. The van der Waals surface area contributed by atoms with E-state index in [1.165, 1.54) is 6.92 Å². The fourth-order valence-electron chi connectivity index (χ4n) is 3.39. The summed E-state index contributed by atoms with van der Waals surface area (Å²) in [6.45, 7) is 2.49. The molecule has 0 aliphatic heterocycles. The molecule has 0 fully saturated rings. The molecule has 1 aromatic carbocycles. The van der Waals surface area contributed by atoms with E-state index in [1.807, 2.05) is 6.92 Å². The summed E-state index contributed by atoms with van der Waals surface area (Å²) in [6, 6.07) is 3.55. The highest BCUT2D eigenvalue weighted by Gasteiger charge is 2.24. The van der Waals surface area contributed by atoms with E-state index in [0.717, 1.165) is 24.0 Å². The van der Waals surface area contributed by atoms with Gasteiger partial charge in [-0.15, -0.1) is 0 Å². The number of fused-ring (bicyclic) bond motifs is 3. The summed E-state index contributed by atoms with van der Waals surface area (Å²) in [7, 11) is 0. The van der Waals surface area contributed by atoms with Crippen molar-refractivity contribution in [3.05, 3.63) is 39.2 Å². The third kappa shape index (κ3) is 4.56. The van der Waals surface area contributed by atoms with Crippen molar-refractivity contribution in [1.82, 2.24) is 10.6 Å². The van der Waals surface area contributed by atoms with Crippen LogP contribution in [0.4, 0.5) is 0 Å². The minimum absolute atomic E-state index is 0.334. The average molecular weight is 402 g/mol. The lowest BCUT2D eigenvalue weighted by Gasteiger charge is -2.17. The number of carbonyl (C=O) groups excluding carboxylic acids is 2. The maximum absolute atomic E-state index is 12.3. The van der Waals surface area contributed by atoms with Gasteiger partial charge >= 0.3 is 11.6 Å². The molecule has 0 spiro atoms. The van der Waals surface area contributed by atoms with Gasteiger partial charge in [-0.3, -0.25) is 14.4 Å². The molecule has 3 N–H and O–H groups in total. The van der Waals surface area contributed by atoms with Crippen LogP contribution in [0.3, 0.4) is 0 Å². The van der Waals surface area contributed by atoms with Crippen LogP contribution in [-0.4, -0.2) is 42.1 Å². The number of amides is 2. The minimum atomic E-state index is -1.17. The molecule has 0 radical (unpaired) electrons. The Balaban J connectivity index is 1.76. The molecule has 1 aliphatic carbocycles. The third-order valence-electron chi connectivity index (χ3n) is 4.71. The van der Waals surface area contributed by atoms with Crippen molar-refractivity contribution in [2.45, 2.75) is 39.2 Å². The molecule has 1 heterocycles. The van der Waals surface area contributed by atoms with Crippen LogP contribution in [0.15, 0.2) is 21.3 Å². The summed E-state index contributed by atoms with van der Waals surface area (Å²) in [5, 5.41) is 13.8. The number of nitrogens with one attached hydrogen (secondary N) is 2. The Morgan fingerprint density at radius 2 is 1.90 bits per heavy atom. The summed E-state index contributed by atoms with van der Waals surface area (Å²) >= 11 is 0. The van der Waals surface area contributed by atoms with Gasteiger partial charge in [-0.25, -0.2) is 4.79 Å². The van der Waals surface area contributed by atoms with Gasteiger partial charge in [-0.05, 0) is 56.4 Å². The second-order valence-corrected chi connectivity index (χ2v) is 6.98. The first-order valence-electron chi connectivity index (χ1n) is 9.28. The Hall–Kier alpha value is -3.36. The van der Waals surface area contributed by atoms with Crippen molar-refractivity contribution in [1.29, 1.82) is 0 Å². The molecule has 2 aromatic rings. The normalized spacial score (nSPS) is 13.6. The van der Waals surface area contributed by atoms with Gasteiger partial charge in [-0.2, -0.15) is 0 Å². The Labute approximate surface area is 166 Å². The maximum Gasteiger partial charge on any atom is 0.339 e. The van der Waals surface area contributed by atoms with E-state index in [0.29, 0.717) is 28.7 Å². The van der Waals surface area contributed by atoms with E-state index in [4.69, 9.17) is 14.3 Å². The highest BCUT2D eigenvalue weighted by atomic mass is 16.5. The lowest BCUT2D eigenvalue weighted by Crippen LogP contribution is -2.43. The number of carbonyl (C=O) groups is 3. The third-order valence-corrected chi connectivity index (χ3v) is 4.71. The molecule has 0 bridgehead atoms. The molecule has 0 saturated heterocycles. The molecular formula is C20H22N2O7. The van der Waals surface area contributed by atoms with E-state index < -0.39 is 30.4 Å². The largest absolute Gasteiger partial charge is 0.480 e. The Morgan fingerprint density at radius 1 is 1.17 bits per heavy atom. The van der Waals surface area contributed by atoms with Crippen molar-refractivity contribution in [2.75, 3.05) is 13.1 Å². The molecule has 9 heteroatoms. The summed E-state index contributed by atoms with van der Waals surface area (Å²) in [5.41, 5.74) is 2.45. The van der Waals surface area contributed by atoms with Crippen molar-refractivity contribution in [2.24, 2.45) is 0 Å². The van der Waals surface area contributed by atoms with Crippen LogP contribution in [-0.2, 0) is 27.2 Å². The smallest absolute Gasteiger partial charge is 0.339 e. The monoisotopic (exact) mass is 402 g/mol. The van der Waals surface area contributed by atoms with Crippen LogP contribution in [0.5, 0.6) is 5.75 Å². The summed E-state index contributed by atoms with van der Waals surface area (Å²) in [4.78, 5) is 46.4. The van der Waals surface area contributed by atoms with E-state index in [9.17, 15) is 19.2 Å². The lowest BCUT2D eigenvalue weighted by atomic mass is 10.0. The number of rotatable bonds is 7. The van der Waals surface area contributed by atoms with Crippen LogP contribution < -0.4 is 21.0 Å². The lowest BCUT2D eigenvalue weighted by molar-refractivity contribution is -0.137. The van der Waals surface area contributed by atoms with E-state index in [2.05, 4.69) is 10.6 Å². The zero-order valence-corrected chi connectivity index (χ0v) is 16.2. The Kier molecular flexibility index (Phi) is 5.86. The van der Waals surface area contributed by atoms with Gasteiger partial charge in [-0.1, -0.05) is 0 Å². The summed E-state index contributed by atoms with van der Waals surface area (Å²) < 4.78 is 11.3. The Bertz CT molecular complexity index is 1040. The standard InChI is InChI=1S/C20H22N2O7/c1-10-6-14(18-12-4-3-5-13(12)20(27)29-15(18)7-10)28-11(2)19(26)22-8-16(23)21-9-17(24)25/h6-7,11H,3-5,8-9H2,1-2H3,(H,21,23)(H,22,26)(H,24,25). The van der Waals surface area contributed by atoms with Gasteiger partial charge < -0.3 is 24.9 Å². The van der Waals surface area contributed by atoms with Crippen LogP contribution in [0, 0.1) is 6.92 Å². The Morgan fingerprint density at radius 3 is 2.62 bits per heavy atom. The van der Waals surface area contributed by atoms with E-state index >= 15 is 0 Å². The average Bonchev–Trinajstić information content (AvgIpc) is 3.14. The second kappa shape index (κ2) is 8.34. The van der Waals surface area contributed by atoms with Gasteiger partial charge in [0.25, 0.3) is 5.91 Å². The van der Waals surface area contributed by atoms with Gasteiger partial charge in [0.1, 0.15) is 17.9 Å². The zero-order chi connectivity index (χ0) is 21.1. The number of aryl methyl sites for hydroxylation is 2. The van der Waals surface area contributed by atoms with Gasteiger partial charge in [0, 0.05) is 5.56 Å². The molecule has 0 saturated carbocycles. The summed E-state index contributed by atoms with van der Waals surface area (Å²) in [5.74, 6) is -1.88. The number of ether oxygens (including phenoxy) is 1. The molecule has 1 unspecified atom stereocenters. The highest BCUT2D eigenvalue weighted by molar-refractivity contribution is 5.91. The molecule has 1 atom stereocenters. The number of aliphatic carboxylic acids is 1. The number of carboxylic acids is 1. The van der Waals surface area contributed by atoms with E-state index in [1.54, 1.807) is 12.1 Å². The summed E-state index contributed by atoms with van der Waals surface area (Å²) in [6.07, 6.45) is 1.33. The number of benzene rings is 1. The SMILES string of the molecule is Cc1cc(OC(C)C(=O)NCC(=O)NCC(=O)O)c2c3c(c(=O)oc2c1)CCC3. The molecule has 29 heavy (non-hydrogen) atoms. The van der Waals surface area contributed by atoms with Crippen LogP contribution in [0.1, 0.15) is 30.0 Å². The van der Waals surface area contributed by atoms with Crippen molar-refractivity contribution in [3.8, 4) is 5.75 Å². The number of carboxylic acid groups (broad SMARTS) is 1. The van der Waals surface area contributed by atoms with E-state index in [-0.39, 0.29) is 12.2 Å². The maximum atomic E-state index is 12.3. The first-order chi connectivity index (χ1) is 13.8. The fourth-order valence-corrected chi connectivity index (χ4v) is 3.39. The molecule has 3 rings (SSSR count). The highest BCUT2D eigenvalue weighted by Crippen LogP contribution is 2.35. The van der Waals surface area contributed by atoms with Crippen molar-refractivity contribution < 1.29 is 28.6 Å². The van der Waals surface area contributed by atoms with Crippen molar-refractivity contribution >= 4 is 28.8 Å². The topological polar surface area (TPSA) is 135 Å². The first-order valence-corrected chi connectivity index (χ1v) is 9.28. The number of hydrogen-bond donors (Lipinski definition) is 3. The van der Waals surface area contributed by atoms with Crippen LogP contribution >= 0.6 is 0 Å². The zero-order valence-electron chi connectivity index (χ0n) is 16.2. The predicted octanol–water partition coefficient (Wildman–Crippen LogP) is 0.674. The van der Waals surface area contributed by atoms with Gasteiger partial charge in [0.15, 0.2) is 6.10 Å². The first kappa shape index (κ1) is 20.4. The second-order valence-electron chi connectivity index (χ2n) is 6.98. The minimum Gasteiger partial charge on any atom is -0.480 e. The molecule has 1 aromatic heterocycles. The van der Waals surface area contributed by atoms with Crippen LogP contribution in [0.2, 0.25) is 0 Å². The molecular weight excluding hydrogens is 380 g/mol. The molecule has 9 nitrogen and oxygen atoms in total. The molecule has 2 amide bonds. The van der Waals surface area contributed by atoms with Gasteiger partial charge in [0.2, 0.25) is 5.91 Å².